The maximum atomic E-state index is 11.9. The number of aryl methyl sites for hydroxylation is 1. The third kappa shape index (κ3) is 1.62. The van der Waals surface area contributed by atoms with E-state index in [1.807, 2.05) is 12.1 Å². The van der Waals surface area contributed by atoms with Crippen LogP contribution in [0.5, 0.6) is 0 Å². The highest BCUT2D eigenvalue weighted by molar-refractivity contribution is 5.89. The van der Waals surface area contributed by atoms with Gasteiger partial charge < -0.3 is 4.74 Å². The average Bonchev–Trinajstić information content (AvgIpc) is 2.90. The smallest absolute Gasteiger partial charge is 0.337 e. The Morgan fingerprint density at radius 3 is 2.19 bits per heavy atom. The van der Waals surface area contributed by atoms with E-state index in [9.17, 15) is 4.79 Å². The van der Waals surface area contributed by atoms with E-state index in [1.54, 1.807) is 0 Å². The average molecular weight is 358 g/mol. The second-order valence-electron chi connectivity index (χ2n) is 8.97. The van der Waals surface area contributed by atoms with Gasteiger partial charge in [0.1, 0.15) is 0 Å². The summed E-state index contributed by atoms with van der Waals surface area (Å²) in [6, 6.07) is 17.4. The van der Waals surface area contributed by atoms with Crippen molar-refractivity contribution in [3.05, 3.63) is 82.9 Å². The highest BCUT2D eigenvalue weighted by Crippen LogP contribution is 2.94. The first kappa shape index (κ1) is 16.8. The second kappa shape index (κ2) is 5.13. The van der Waals surface area contributed by atoms with Gasteiger partial charge in [0.2, 0.25) is 0 Å². The number of methoxy groups -OCH3 is 1. The van der Waals surface area contributed by atoms with Crippen molar-refractivity contribution < 1.29 is 9.53 Å². The molecule has 27 heavy (non-hydrogen) atoms. The number of carbonyl (C=O) groups excluding carboxylic acids is 1. The molecule has 2 saturated carbocycles. The standard InChI is InChI=1S/C25H26O2/c1-16-8-12-18(13-9-16)24-20-6-5-7-21(20)25(24,23(24,2)3)19-14-10-17(11-15-19)22(26)27-4/h5,7-15,20-21H,6H2,1-4H3/t20-,21+,24-,25+/m0/s1. The van der Waals surface area contributed by atoms with E-state index >= 15 is 0 Å². The summed E-state index contributed by atoms with van der Waals surface area (Å²) in [5.74, 6) is 0.986. The molecule has 0 bridgehead atoms. The Morgan fingerprint density at radius 2 is 1.56 bits per heavy atom. The Labute approximate surface area is 161 Å². The molecule has 0 aliphatic heterocycles. The van der Waals surface area contributed by atoms with Gasteiger partial charge in [0.25, 0.3) is 0 Å². The van der Waals surface area contributed by atoms with Crippen molar-refractivity contribution in [2.45, 2.75) is 38.0 Å². The molecule has 0 amide bonds. The molecule has 3 aliphatic carbocycles. The predicted octanol–water partition coefficient (Wildman–Crippen LogP) is 5.20. The van der Waals surface area contributed by atoms with Crippen molar-refractivity contribution in [3.63, 3.8) is 0 Å². The molecule has 2 aromatic carbocycles. The first-order chi connectivity index (χ1) is 12.9. The van der Waals surface area contributed by atoms with Gasteiger partial charge in [-0.1, -0.05) is 68.0 Å². The Morgan fingerprint density at radius 1 is 0.963 bits per heavy atom. The summed E-state index contributed by atoms with van der Waals surface area (Å²) < 4.78 is 4.87. The Balaban J connectivity index is 1.66. The molecule has 3 aliphatic rings. The lowest BCUT2D eigenvalue weighted by Gasteiger charge is -2.48. The zero-order valence-electron chi connectivity index (χ0n) is 16.5. The molecule has 2 fully saturated rings. The summed E-state index contributed by atoms with van der Waals surface area (Å²) in [6.45, 7) is 7.03. The molecular formula is C25H26O2. The van der Waals surface area contributed by atoms with Crippen molar-refractivity contribution in [1.82, 2.24) is 0 Å². The first-order valence-electron chi connectivity index (χ1n) is 9.85. The van der Waals surface area contributed by atoms with Gasteiger partial charge in [-0.15, -0.1) is 0 Å². The SMILES string of the molecule is COC(=O)c1ccc([C@]23[C@@H]4C=CC[C@@H]4[C@@]2(c2ccc(C)cc2)C3(C)C)cc1. The summed E-state index contributed by atoms with van der Waals surface area (Å²) in [4.78, 5) is 11.9. The zero-order valence-corrected chi connectivity index (χ0v) is 16.5. The van der Waals surface area contributed by atoms with Gasteiger partial charge in [0, 0.05) is 10.8 Å². The van der Waals surface area contributed by atoms with Gasteiger partial charge in [0.05, 0.1) is 12.7 Å². The number of carbonyl (C=O) groups is 1. The number of fused-ring (bicyclic) bond motifs is 4. The third-order valence-electron chi connectivity index (χ3n) is 8.02. The minimum absolute atomic E-state index is 0.113. The number of ether oxygens (including phenoxy) is 1. The van der Waals surface area contributed by atoms with Crippen LogP contribution in [-0.4, -0.2) is 13.1 Å². The molecule has 0 N–H and O–H groups in total. The number of allylic oxidation sites excluding steroid dienone is 2. The van der Waals surface area contributed by atoms with Crippen LogP contribution < -0.4 is 0 Å². The number of rotatable bonds is 3. The van der Waals surface area contributed by atoms with E-state index in [0.717, 1.165) is 0 Å². The number of hydrogen-bond acceptors (Lipinski definition) is 2. The Kier molecular flexibility index (Phi) is 3.19. The minimum atomic E-state index is -0.272. The molecule has 5 rings (SSSR count). The zero-order chi connectivity index (χ0) is 19.0. The van der Waals surface area contributed by atoms with E-state index in [-0.39, 0.29) is 22.2 Å². The van der Waals surface area contributed by atoms with Crippen molar-refractivity contribution >= 4 is 5.97 Å². The molecule has 4 atom stereocenters. The highest BCUT2D eigenvalue weighted by Gasteiger charge is 2.95. The molecule has 2 heteroatoms. The van der Waals surface area contributed by atoms with Crippen LogP contribution in [0.15, 0.2) is 60.7 Å². The largest absolute Gasteiger partial charge is 0.465 e. The molecule has 0 heterocycles. The maximum Gasteiger partial charge on any atom is 0.337 e. The van der Waals surface area contributed by atoms with Crippen LogP contribution in [0.25, 0.3) is 0 Å². The fraction of sp³-hybridized carbons (Fsp3) is 0.400. The lowest BCUT2D eigenvalue weighted by atomic mass is 9.54. The quantitative estimate of drug-likeness (QED) is 0.556. The normalized spacial score (nSPS) is 34.4. The second-order valence-corrected chi connectivity index (χ2v) is 8.97. The van der Waals surface area contributed by atoms with Crippen molar-refractivity contribution in [2.75, 3.05) is 7.11 Å². The van der Waals surface area contributed by atoms with E-state index in [2.05, 4.69) is 69.3 Å². The van der Waals surface area contributed by atoms with E-state index < -0.39 is 0 Å². The summed E-state index contributed by atoms with van der Waals surface area (Å²) in [5.41, 5.74) is 5.23. The number of esters is 1. The van der Waals surface area contributed by atoms with Crippen LogP contribution in [0.3, 0.4) is 0 Å². The summed E-state index contributed by atoms with van der Waals surface area (Å²) in [6.07, 6.45) is 5.99. The van der Waals surface area contributed by atoms with Crippen molar-refractivity contribution in [2.24, 2.45) is 17.3 Å². The monoisotopic (exact) mass is 358 g/mol. The van der Waals surface area contributed by atoms with Crippen molar-refractivity contribution in [1.29, 1.82) is 0 Å². The summed E-state index contributed by atoms with van der Waals surface area (Å²) >= 11 is 0. The Bertz CT molecular complexity index is 951. The van der Waals surface area contributed by atoms with Gasteiger partial charge in [-0.25, -0.2) is 4.79 Å². The first-order valence-corrected chi connectivity index (χ1v) is 9.85. The molecule has 2 nitrogen and oxygen atoms in total. The van der Waals surface area contributed by atoms with Crippen LogP contribution in [0, 0.1) is 24.2 Å². The van der Waals surface area contributed by atoms with E-state index in [0.29, 0.717) is 17.4 Å². The third-order valence-corrected chi connectivity index (χ3v) is 8.02. The van der Waals surface area contributed by atoms with Crippen molar-refractivity contribution in [3.8, 4) is 0 Å². The number of hydrogen-bond donors (Lipinski definition) is 0. The molecule has 0 saturated heterocycles. The molecule has 0 aromatic heterocycles. The summed E-state index contributed by atoms with van der Waals surface area (Å²) in [5, 5.41) is 0. The highest BCUT2D eigenvalue weighted by atomic mass is 16.5. The topological polar surface area (TPSA) is 26.3 Å². The summed E-state index contributed by atoms with van der Waals surface area (Å²) in [7, 11) is 1.43. The molecule has 2 aromatic rings. The van der Waals surface area contributed by atoms with Crippen LogP contribution in [0.4, 0.5) is 0 Å². The van der Waals surface area contributed by atoms with Gasteiger partial charge in [-0.2, -0.15) is 0 Å². The number of benzene rings is 2. The predicted molar refractivity (Wildman–Crippen MR) is 107 cm³/mol. The van der Waals surface area contributed by atoms with Gasteiger partial charge in [-0.05, 0) is 53.9 Å². The maximum absolute atomic E-state index is 11.9. The fourth-order valence-electron chi connectivity index (χ4n) is 7.21. The van der Waals surface area contributed by atoms with Gasteiger partial charge >= 0.3 is 5.97 Å². The van der Waals surface area contributed by atoms with Crippen LogP contribution in [-0.2, 0) is 15.6 Å². The van der Waals surface area contributed by atoms with Crippen LogP contribution in [0.1, 0.15) is 47.3 Å². The molecular weight excluding hydrogens is 332 g/mol. The Hall–Kier alpha value is -2.35. The van der Waals surface area contributed by atoms with Gasteiger partial charge in [0.15, 0.2) is 0 Å². The molecule has 138 valence electrons. The van der Waals surface area contributed by atoms with Crippen LogP contribution >= 0.6 is 0 Å². The lowest BCUT2D eigenvalue weighted by molar-refractivity contribution is 0.0600. The molecule has 0 radical (unpaired) electrons. The molecule has 0 unspecified atom stereocenters. The van der Waals surface area contributed by atoms with E-state index in [1.165, 1.54) is 30.2 Å². The van der Waals surface area contributed by atoms with E-state index in [4.69, 9.17) is 4.74 Å². The molecule has 0 spiro atoms. The minimum Gasteiger partial charge on any atom is -0.465 e. The fourth-order valence-corrected chi connectivity index (χ4v) is 7.21. The lowest BCUT2D eigenvalue weighted by Crippen LogP contribution is -2.49. The van der Waals surface area contributed by atoms with Gasteiger partial charge in [-0.3, -0.25) is 0 Å². The van der Waals surface area contributed by atoms with Crippen LogP contribution in [0.2, 0.25) is 0 Å².